The second kappa shape index (κ2) is 7.71. The van der Waals surface area contributed by atoms with Gasteiger partial charge in [0.1, 0.15) is 17.5 Å². The Labute approximate surface area is 157 Å². The van der Waals surface area contributed by atoms with Crippen LogP contribution in [-0.4, -0.2) is 31.4 Å². The van der Waals surface area contributed by atoms with Crippen LogP contribution >= 0.6 is 0 Å². The third-order valence-electron chi connectivity index (χ3n) is 4.36. The average Bonchev–Trinajstić information content (AvgIpc) is 3.05. The van der Waals surface area contributed by atoms with Crippen LogP contribution < -0.4 is 10.2 Å². The first-order valence-electron chi connectivity index (χ1n) is 8.25. The smallest absolute Gasteiger partial charge is 0.340 e. The van der Waals surface area contributed by atoms with Gasteiger partial charge in [0, 0.05) is 19.0 Å². The molecular weight excluding hydrogens is 377 g/mol. The van der Waals surface area contributed by atoms with Crippen molar-refractivity contribution in [2.45, 2.75) is 6.42 Å². The lowest BCUT2D eigenvalue weighted by Crippen LogP contribution is -2.29. The molecule has 28 heavy (non-hydrogen) atoms. The number of carbonyl (C=O) groups is 3. The van der Waals surface area contributed by atoms with Gasteiger partial charge in [-0.3, -0.25) is 9.59 Å². The monoisotopic (exact) mass is 392 g/mol. The summed E-state index contributed by atoms with van der Waals surface area (Å²) in [6.45, 7) is -0.0989. The van der Waals surface area contributed by atoms with Gasteiger partial charge in [-0.05, 0) is 18.2 Å². The number of rotatable bonds is 4. The molecule has 1 aliphatic rings. The summed E-state index contributed by atoms with van der Waals surface area (Å²) in [4.78, 5) is 37.3. The number of methoxy groups -OCH3 is 1. The minimum Gasteiger partial charge on any atom is -0.465 e. The fraction of sp³-hybridized carbons (Fsp3) is 0.211. The molecule has 1 N–H and O–H groups in total. The number of anilines is 2. The van der Waals surface area contributed by atoms with Gasteiger partial charge in [-0.1, -0.05) is 12.1 Å². The van der Waals surface area contributed by atoms with E-state index in [9.17, 15) is 27.6 Å². The average molecular weight is 392 g/mol. The Morgan fingerprint density at radius 2 is 1.82 bits per heavy atom. The molecule has 1 fully saturated rings. The highest BCUT2D eigenvalue weighted by Gasteiger charge is 2.36. The standard InChI is InChI=1S/C19H15F3N2O4/c1-28-19(27)11-7-15(14(22)8-13(11)21)23-18(26)10-6-17(25)24(9-10)16-5-3-2-4-12(16)20/h2-5,7-8,10H,6,9H2,1H3,(H,23,26). The topological polar surface area (TPSA) is 75.7 Å². The van der Waals surface area contributed by atoms with Gasteiger partial charge in [-0.15, -0.1) is 0 Å². The Balaban J connectivity index is 1.78. The summed E-state index contributed by atoms with van der Waals surface area (Å²) in [5.74, 6) is -5.91. The van der Waals surface area contributed by atoms with Crippen molar-refractivity contribution >= 4 is 29.2 Å². The Hall–Kier alpha value is -3.36. The minimum atomic E-state index is -1.14. The van der Waals surface area contributed by atoms with Crippen molar-refractivity contribution in [3.05, 3.63) is 59.4 Å². The van der Waals surface area contributed by atoms with Gasteiger partial charge in [0.15, 0.2) is 0 Å². The molecule has 146 valence electrons. The molecule has 1 saturated heterocycles. The van der Waals surface area contributed by atoms with Crippen LogP contribution in [0.4, 0.5) is 24.5 Å². The summed E-state index contributed by atoms with van der Waals surface area (Å²) in [5, 5.41) is 2.24. The maximum Gasteiger partial charge on any atom is 0.340 e. The third-order valence-corrected chi connectivity index (χ3v) is 4.36. The van der Waals surface area contributed by atoms with Crippen LogP contribution in [0.1, 0.15) is 16.8 Å². The van der Waals surface area contributed by atoms with Gasteiger partial charge in [0.25, 0.3) is 0 Å². The molecule has 1 heterocycles. The predicted octanol–water partition coefficient (Wildman–Crippen LogP) is 2.88. The summed E-state index contributed by atoms with van der Waals surface area (Å²) in [5.41, 5.74) is -0.929. The molecule has 0 saturated carbocycles. The second-order valence-electron chi connectivity index (χ2n) is 6.15. The Morgan fingerprint density at radius 1 is 1.11 bits per heavy atom. The maximum atomic E-state index is 14.0. The van der Waals surface area contributed by atoms with Crippen LogP contribution in [0.2, 0.25) is 0 Å². The highest BCUT2D eigenvalue weighted by molar-refractivity contribution is 6.04. The number of benzene rings is 2. The molecule has 0 spiro atoms. The fourth-order valence-electron chi connectivity index (χ4n) is 2.93. The molecule has 9 heteroatoms. The summed E-state index contributed by atoms with van der Waals surface area (Å²) in [6.07, 6.45) is -0.202. The molecule has 0 bridgehead atoms. The van der Waals surface area contributed by atoms with Crippen molar-refractivity contribution in [2.75, 3.05) is 23.9 Å². The van der Waals surface area contributed by atoms with Crippen LogP contribution in [0.25, 0.3) is 0 Å². The quantitative estimate of drug-likeness (QED) is 0.812. The lowest BCUT2D eigenvalue weighted by molar-refractivity contribution is -0.122. The molecule has 2 aromatic carbocycles. The molecule has 0 aromatic heterocycles. The van der Waals surface area contributed by atoms with E-state index in [0.29, 0.717) is 6.07 Å². The van der Waals surface area contributed by atoms with Crippen molar-refractivity contribution in [2.24, 2.45) is 5.92 Å². The number of nitrogens with zero attached hydrogens (tertiary/aromatic N) is 1. The Bertz CT molecular complexity index is 964. The van der Waals surface area contributed by atoms with Crippen molar-refractivity contribution in [3.63, 3.8) is 0 Å². The summed E-state index contributed by atoms with van der Waals surface area (Å²) in [6, 6.07) is 6.91. The van der Waals surface area contributed by atoms with E-state index in [4.69, 9.17) is 0 Å². The first kappa shape index (κ1) is 19.4. The molecule has 1 unspecified atom stereocenters. The van der Waals surface area contributed by atoms with Crippen molar-refractivity contribution in [1.29, 1.82) is 0 Å². The highest BCUT2D eigenvalue weighted by Crippen LogP contribution is 2.28. The summed E-state index contributed by atoms with van der Waals surface area (Å²) >= 11 is 0. The molecule has 3 rings (SSSR count). The molecule has 1 aliphatic heterocycles. The van der Waals surface area contributed by atoms with Gasteiger partial charge in [0.2, 0.25) is 11.8 Å². The van der Waals surface area contributed by atoms with Crippen molar-refractivity contribution < 1.29 is 32.3 Å². The summed E-state index contributed by atoms with van der Waals surface area (Å²) in [7, 11) is 1.03. The molecule has 0 radical (unpaired) electrons. The van der Waals surface area contributed by atoms with E-state index >= 15 is 0 Å². The molecule has 2 aromatic rings. The summed E-state index contributed by atoms with van der Waals surface area (Å²) < 4.78 is 46.0. The van der Waals surface area contributed by atoms with Gasteiger partial charge < -0.3 is 15.0 Å². The van der Waals surface area contributed by atoms with Gasteiger partial charge in [-0.25, -0.2) is 18.0 Å². The van der Waals surface area contributed by atoms with E-state index in [2.05, 4.69) is 10.1 Å². The zero-order chi connectivity index (χ0) is 20.4. The molecule has 6 nitrogen and oxygen atoms in total. The zero-order valence-electron chi connectivity index (χ0n) is 14.7. The van der Waals surface area contributed by atoms with Crippen LogP contribution in [0.5, 0.6) is 0 Å². The SMILES string of the molecule is COC(=O)c1cc(NC(=O)C2CC(=O)N(c3ccccc3F)C2)c(F)cc1F. The van der Waals surface area contributed by atoms with E-state index in [0.717, 1.165) is 18.1 Å². The number of amides is 2. The maximum absolute atomic E-state index is 14.0. The number of halogens is 3. The number of ether oxygens (including phenoxy) is 1. The number of hydrogen-bond donors (Lipinski definition) is 1. The van der Waals surface area contributed by atoms with E-state index in [1.165, 1.54) is 18.2 Å². The van der Waals surface area contributed by atoms with Crippen LogP contribution in [0.3, 0.4) is 0 Å². The largest absolute Gasteiger partial charge is 0.465 e. The number of nitrogens with one attached hydrogen (secondary N) is 1. The predicted molar refractivity (Wildman–Crippen MR) is 93.2 cm³/mol. The minimum absolute atomic E-state index is 0.0451. The second-order valence-corrected chi connectivity index (χ2v) is 6.15. The first-order chi connectivity index (χ1) is 13.3. The number of hydrogen-bond acceptors (Lipinski definition) is 4. The first-order valence-corrected chi connectivity index (χ1v) is 8.25. The highest BCUT2D eigenvalue weighted by atomic mass is 19.1. The van der Waals surface area contributed by atoms with Gasteiger partial charge >= 0.3 is 5.97 Å². The zero-order valence-corrected chi connectivity index (χ0v) is 14.7. The third kappa shape index (κ3) is 3.68. The lowest BCUT2D eigenvalue weighted by atomic mass is 10.1. The van der Waals surface area contributed by atoms with E-state index < -0.39 is 52.4 Å². The van der Waals surface area contributed by atoms with Crippen molar-refractivity contribution in [3.8, 4) is 0 Å². The normalized spacial score (nSPS) is 16.2. The Morgan fingerprint density at radius 3 is 2.50 bits per heavy atom. The van der Waals surface area contributed by atoms with Crippen molar-refractivity contribution in [1.82, 2.24) is 0 Å². The van der Waals surface area contributed by atoms with Crippen LogP contribution in [0.15, 0.2) is 36.4 Å². The van der Waals surface area contributed by atoms with E-state index in [1.54, 1.807) is 6.07 Å². The van der Waals surface area contributed by atoms with Crippen LogP contribution in [-0.2, 0) is 14.3 Å². The van der Waals surface area contributed by atoms with Gasteiger partial charge in [-0.2, -0.15) is 0 Å². The van der Waals surface area contributed by atoms with E-state index in [1.807, 2.05) is 0 Å². The number of para-hydroxylation sites is 1. The molecular formula is C19H15F3N2O4. The fourth-order valence-corrected chi connectivity index (χ4v) is 2.93. The molecule has 0 aliphatic carbocycles. The lowest BCUT2D eigenvalue weighted by Gasteiger charge is -2.17. The molecule has 1 atom stereocenters. The number of esters is 1. The van der Waals surface area contributed by atoms with E-state index in [-0.39, 0.29) is 18.7 Å². The van der Waals surface area contributed by atoms with Gasteiger partial charge in [0.05, 0.1) is 30.0 Å². The molecule has 2 amide bonds. The Kier molecular flexibility index (Phi) is 5.34. The van der Waals surface area contributed by atoms with Crippen LogP contribution in [0, 0.1) is 23.4 Å². The number of carbonyl (C=O) groups excluding carboxylic acids is 3.